The number of anilines is 1. The fourth-order valence-electron chi connectivity index (χ4n) is 2.52. The predicted octanol–water partition coefficient (Wildman–Crippen LogP) is 1.56. The third-order valence-corrected chi connectivity index (χ3v) is 3.51. The minimum atomic E-state index is 0.0463. The van der Waals surface area contributed by atoms with Gasteiger partial charge in [-0.1, -0.05) is 0 Å². The quantitative estimate of drug-likeness (QED) is 0.820. The number of aryl methyl sites for hydroxylation is 1. The van der Waals surface area contributed by atoms with Crippen LogP contribution in [0.15, 0.2) is 6.33 Å². The number of aromatic nitrogens is 2. The van der Waals surface area contributed by atoms with Crippen LogP contribution in [0.25, 0.3) is 0 Å². The molecule has 86 valence electrons. The number of hydrogen-bond acceptors (Lipinski definition) is 4. The fraction of sp³-hybridized carbons (Fsp3) is 0.667. The Labute approximate surface area is 95.4 Å². The average Bonchev–Trinajstić information content (AvgIpc) is 2.87. The molecule has 1 aliphatic heterocycles. The summed E-state index contributed by atoms with van der Waals surface area (Å²) in [6.45, 7) is 3.81. The number of rotatable bonds is 2. The Morgan fingerprint density at radius 2 is 2.31 bits per heavy atom. The van der Waals surface area contributed by atoms with E-state index in [0.29, 0.717) is 0 Å². The molecule has 1 saturated heterocycles. The van der Waals surface area contributed by atoms with Gasteiger partial charge in [-0.25, -0.2) is 9.97 Å². The molecule has 1 aromatic rings. The van der Waals surface area contributed by atoms with Crippen molar-refractivity contribution in [3.8, 4) is 0 Å². The summed E-state index contributed by atoms with van der Waals surface area (Å²) < 4.78 is 5.45. The third-order valence-electron chi connectivity index (χ3n) is 3.51. The van der Waals surface area contributed by atoms with Crippen molar-refractivity contribution in [1.82, 2.24) is 9.97 Å². The molecule has 0 amide bonds. The zero-order valence-corrected chi connectivity index (χ0v) is 9.62. The van der Waals surface area contributed by atoms with E-state index < -0.39 is 0 Å². The summed E-state index contributed by atoms with van der Waals surface area (Å²) >= 11 is 0. The zero-order valence-electron chi connectivity index (χ0n) is 9.62. The Hall–Kier alpha value is -1.16. The van der Waals surface area contributed by atoms with E-state index in [1.165, 1.54) is 17.7 Å². The molecule has 1 aliphatic carbocycles. The molecule has 1 fully saturated rings. The zero-order chi connectivity index (χ0) is 11.0. The highest BCUT2D eigenvalue weighted by molar-refractivity contribution is 5.49. The summed E-state index contributed by atoms with van der Waals surface area (Å²) in [5, 5.41) is 3.54. The van der Waals surface area contributed by atoms with E-state index in [2.05, 4.69) is 22.2 Å². The first-order valence-electron chi connectivity index (χ1n) is 5.96. The molecule has 4 heteroatoms. The first-order chi connectivity index (χ1) is 7.77. The Balaban J connectivity index is 1.87. The van der Waals surface area contributed by atoms with E-state index in [0.717, 1.165) is 38.3 Å². The number of hydrogen-bond donors (Lipinski definition) is 1. The lowest BCUT2D eigenvalue weighted by Gasteiger charge is -2.25. The van der Waals surface area contributed by atoms with Crippen molar-refractivity contribution in [1.29, 1.82) is 0 Å². The standard InChI is InChI=1S/C12H17N3O/c1-12(5-6-16-7-12)15-11-9-3-2-4-10(9)13-8-14-11/h8H,2-7H2,1H3,(H,13,14,15). The van der Waals surface area contributed by atoms with Gasteiger partial charge in [0.2, 0.25) is 0 Å². The van der Waals surface area contributed by atoms with E-state index in [4.69, 9.17) is 4.74 Å². The van der Waals surface area contributed by atoms with Gasteiger partial charge in [-0.2, -0.15) is 0 Å². The van der Waals surface area contributed by atoms with Gasteiger partial charge in [0.25, 0.3) is 0 Å². The molecule has 16 heavy (non-hydrogen) atoms. The maximum absolute atomic E-state index is 5.45. The molecule has 0 aromatic carbocycles. The van der Waals surface area contributed by atoms with Gasteiger partial charge in [0.05, 0.1) is 12.1 Å². The van der Waals surface area contributed by atoms with Crippen LogP contribution in [0.1, 0.15) is 31.0 Å². The van der Waals surface area contributed by atoms with Crippen LogP contribution in [0.5, 0.6) is 0 Å². The van der Waals surface area contributed by atoms with Crippen molar-refractivity contribution in [3.05, 3.63) is 17.6 Å². The van der Waals surface area contributed by atoms with Crippen LogP contribution >= 0.6 is 0 Å². The number of nitrogens with one attached hydrogen (secondary N) is 1. The molecule has 0 radical (unpaired) electrons. The van der Waals surface area contributed by atoms with Crippen molar-refractivity contribution in [2.24, 2.45) is 0 Å². The highest BCUT2D eigenvalue weighted by Gasteiger charge is 2.31. The van der Waals surface area contributed by atoms with E-state index >= 15 is 0 Å². The third kappa shape index (κ3) is 1.67. The maximum atomic E-state index is 5.45. The van der Waals surface area contributed by atoms with Crippen LogP contribution in [-0.4, -0.2) is 28.7 Å². The van der Waals surface area contributed by atoms with Gasteiger partial charge in [0.1, 0.15) is 12.1 Å². The fourth-order valence-corrected chi connectivity index (χ4v) is 2.52. The molecule has 1 atom stereocenters. The van der Waals surface area contributed by atoms with Crippen molar-refractivity contribution in [3.63, 3.8) is 0 Å². The van der Waals surface area contributed by atoms with Gasteiger partial charge >= 0.3 is 0 Å². The second-order valence-electron chi connectivity index (χ2n) is 4.99. The van der Waals surface area contributed by atoms with Gasteiger partial charge in [-0.3, -0.25) is 0 Å². The summed E-state index contributed by atoms with van der Waals surface area (Å²) in [6.07, 6.45) is 6.13. The smallest absolute Gasteiger partial charge is 0.133 e. The lowest BCUT2D eigenvalue weighted by atomic mass is 10.0. The summed E-state index contributed by atoms with van der Waals surface area (Å²) in [6, 6.07) is 0. The predicted molar refractivity (Wildman–Crippen MR) is 61.5 cm³/mol. The first kappa shape index (κ1) is 10.0. The van der Waals surface area contributed by atoms with Crippen LogP contribution in [0.3, 0.4) is 0 Å². The second-order valence-corrected chi connectivity index (χ2v) is 4.99. The Bertz CT molecular complexity index is 399. The number of fused-ring (bicyclic) bond motifs is 1. The second kappa shape index (κ2) is 3.70. The molecule has 1 unspecified atom stereocenters. The molecule has 1 aromatic heterocycles. The van der Waals surface area contributed by atoms with E-state index in [1.807, 2.05) is 0 Å². The van der Waals surface area contributed by atoms with Crippen LogP contribution in [0, 0.1) is 0 Å². The van der Waals surface area contributed by atoms with E-state index in [1.54, 1.807) is 6.33 Å². The summed E-state index contributed by atoms with van der Waals surface area (Å²) in [4.78, 5) is 8.72. The van der Waals surface area contributed by atoms with Gasteiger partial charge in [-0.05, 0) is 32.6 Å². The van der Waals surface area contributed by atoms with Gasteiger partial charge in [0.15, 0.2) is 0 Å². The molecular formula is C12H17N3O. The Kier molecular flexibility index (Phi) is 2.32. The van der Waals surface area contributed by atoms with Crippen LogP contribution in [0.4, 0.5) is 5.82 Å². The normalized spacial score (nSPS) is 28.1. The van der Waals surface area contributed by atoms with Crippen LogP contribution in [0.2, 0.25) is 0 Å². The van der Waals surface area contributed by atoms with Crippen molar-refractivity contribution >= 4 is 5.82 Å². The molecule has 4 nitrogen and oxygen atoms in total. The van der Waals surface area contributed by atoms with Gasteiger partial charge in [-0.15, -0.1) is 0 Å². The molecule has 0 saturated carbocycles. The van der Waals surface area contributed by atoms with E-state index in [-0.39, 0.29) is 5.54 Å². The lowest BCUT2D eigenvalue weighted by molar-refractivity contribution is 0.185. The number of nitrogens with zero attached hydrogens (tertiary/aromatic N) is 2. The topological polar surface area (TPSA) is 47.0 Å². The van der Waals surface area contributed by atoms with Crippen LogP contribution in [-0.2, 0) is 17.6 Å². The largest absolute Gasteiger partial charge is 0.379 e. The average molecular weight is 219 g/mol. The first-order valence-corrected chi connectivity index (χ1v) is 5.96. The van der Waals surface area contributed by atoms with E-state index in [9.17, 15) is 0 Å². The molecular weight excluding hydrogens is 202 g/mol. The SMILES string of the molecule is CC1(Nc2ncnc3c2CCC3)CCOC1. The molecule has 0 bridgehead atoms. The Morgan fingerprint density at radius 3 is 3.12 bits per heavy atom. The minimum absolute atomic E-state index is 0.0463. The Morgan fingerprint density at radius 1 is 1.38 bits per heavy atom. The van der Waals surface area contributed by atoms with Crippen molar-refractivity contribution in [2.45, 2.75) is 38.1 Å². The molecule has 2 heterocycles. The molecule has 3 rings (SSSR count). The summed E-state index contributed by atoms with van der Waals surface area (Å²) in [5.74, 6) is 1.02. The van der Waals surface area contributed by atoms with Crippen LogP contribution < -0.4 is 5.32 Å². The van der Waals surface area contributed by atoms with Crippen molar-refractivity contribution in [2.75, 3.05) is 18.5 Å². The monoisotopic (exact) mass is 219 g/mol. The lowest BCUT2D eigenvalue weighted by Crippen LogP contribution is -2.35. The summed E-state index contributed by atoms with van der Waals surface area (Å²) in [7, 11) is 0. The molecule has 1 N–H and O–H groups in total. The van der Waals surface area contributed by atoms with Gasteiger partial charge in [0, 0.05) is 17.9 Å². The van der Waals surface area contributed by atoms with Crippen molar-refractivity contribution < 1.29 is 4.74 Å². The highest BCUT2D eigenvalue weighted by atomic mass is 16.5. The minimum Gasteiger partial charge on any atom is -0.379 e. The number of ether oxygens (including phenoxy) is 1. The highest BCUT2D eigenvalue weighted by Crippen LogP contribution is 2.29. The maximum Gasteiger partial charge on any atom is 0.133 e. The van der Waals surface area contributed by atoms with Gasteiger partial charge < -0.3 is 10.1 Å². The molecule has 0 spiro atoms. The molecule has 2 aliphatic rings. The summed E-state index contributed by atoms with van der Waals surface area (Å²) in [5.41, 5.74) is 2.58.